The maximum absolute atomic E-state index is 3.84. The molecule has 0 aromatic heterocycles. The number of hydrogen-bond donors (Lipinski definition) is 0. The summed E-state index contributed by atoms with van der Waals surface area (Å²) in [4.78, 5) is 0. The molecular weight excluding hydrogens is 252 g/mol. The van der Waals surface area contributed by atoms with Gasteiger partial charge >= 0.3 is 0 Å². The van der Waals surface area contributed by atoms with Crippen molar-refractivity contribution in [1.82, 2.24) is 0 Å². The molecular formula is C21H18. The van der Waals surface area contributed by atoms with E-state index in [1.54, 1.807) is 0 Å². The Morgan fingerprint density at radius 1 is 0.667 bits per heavy atom. The first kappa shape index (κ1) is 13.4. The molecule has 0 unspecified atom stereocenters. The average Bonchev–Trinajstić information content (AvgIpc) is 2.56. The Hall–Kier alpha value is -2.60. The van der Waals surface area contributed by atoms with Crippen LogP contribution in [-0.2, 0) is 0 Å². The molecule has 0 saturated heterocycles. The lowest BCUT2D eigenvalue weighted by Gasteiger charge is -2.07. The summed E-state index contributed by atoms with van der Waals surface area (Å²) < 4.78 is 0. The molecule has 0 atom stereocenters. The van der Waals surface area contributed by atoms with E-state index in [1.807, 2.05) is 12.1 Å². The van der Waals surface area contributed by atoms with E-state index in [-0.39, 0.29) is 0 Å². The first-order chi connectivity index (χ1) is 10.3. The lowest BCUT2D eigenvalue weighted by molar-refractivity contribution is 1.44. The number of hydrogen-bond acceptors (Lipinski definition) is 0. The van der Waals surface area contributed by atoms with Crippen molar-refractivity contribution >= 4 is 6.08 Å². The highest BCUT2D eigenvalue weighted by Crippen LogP contribution is 2.26. The Kier molecular flexibility index (Phi) is 3.70. The second-order valence-electron chi connectivity index (χ2n) is 5.22. The van der Waals surface area contributed by atoms with Gasteiger partial charge in [-0.05, 0) is 40.3 Å². The number of rotatable bonds is 3. The van der Waals surface area contributed by atoms with Gasteiger partial charge in [0.15, 0.2) is 0 Å². The molecule has 102 valence electrons. The van der Waals surface area contributed by atoms with Gasteiger partial charge < -0.3 is 0 Å². The van der Waals surface area contributed by atoms with Gasteiger partial charge in [-0.25, -0.2) is 0 Å². The van der Waals surface area contributed by atoms with Crippen LogP contribution >= 0.6 is 0 Å². The standard InChI is InChI=1S/C21H18/c1-3-17-9-14-21(15-16(17)2)20-12-10-19(11-13-20)18-7-5-4-6-8-18/h3-15H,1H2,2H3. The second kappa shape index (κ2) is 5.80. The van der Waals surface area contributed by atoms with E-state index in [2.05, 4.69) is 80.2 Å². The van der Waals surface area contributed by atoms with Gasteiger partial charge in [0.1, 0.15) is 0 Å². The van der Waals surface area contributed by atoms with Crippen molar-refractivity contribution in [3.05, 3.63) is 90.5 Å². The Balaban J connectivity index is 1.94. The Bertz CT molecular complexity index is 750. The zero-order chi connectivity index (χ0) is 14.7. The highest BCUT2D eigenvalue weighted by atomic mass is 14.1. The van der Waals surface area contributed by atoms with Gasteiger partial charge in [-0.3, -0.25) is 0 Å². The quantitative estimate of drug-likeness (QED) is 0.550. The average molecular weight is 270 g/mol. The maximum Gasteiger partial charge on any atom is -0.0181 e. The fourth-order valence-corrected chi connectivity index (χ4v) is 2.57. The summed E-state index contributed by atoms with van der Waals surface area (Å²) in [5.74, 6) is 0. The summed E-state index contributed by atoms with van der Waals surface area (Å²) in [6.07, 6.45) is 1.90. The Labute approximate surface area is 126 Å². The van der Waals surface area contributed by atoms with Gasteiger partial charge in [0.05, 0.1) is 0 Å². The molecule has 0 nitrogen and oxygen atoms in total. The minimum absolute atomic E-state index is 1.19. The van der Waals surface area contributed by atoms with Crippen molar-refractivity contribution in [3.63, 3.8) is 0 Å². The van der Waals surface area contributed by atoms with Crippen molar-refractivity contribution in [1.29, 1.82) is 0 Å². The Morgan fingerprint density at radius 3 is 1.76 bits per heavy atom. The summed E-state index contributed by atoms with van der Waals surface area (Å²) in [7, 11) is 0. The zero-order valence-corrected chi connectivity index (χ0v) is 12.2. The third-order valence-electron chi connectivity index (χ3n) is 3.82. The van der Waals surface area contributed by atoms with Gasteiger partial charge in [0.25, 0.3) is 0 Å². The van der Waals surface area contributed by atoms with E-state index in [0.717, 1.165) is 0 Å². The highest BCUT2D eigenvalue weighted by Gasteiger charge is 2.02. The number of aryl methyl sites for hydroxylation is 1. The third-order valence-corrected chi connectivity index (χ3v) is 3.82. The summed E-state index contributed by atoms with van der Waals surface area (Å²) in [6, 6.07) is 25.7. The molecule has 0 heterocycles. The predicted molar refractivity (Wildman–Crippen MR) is 92.1 cm³/mol. The molecule has 0 bridgehead atoms. The summed E-state index contributed by atoms with van der Waals surface area (Å²) in [5.41, 5.74) is 7.45. The fourth-order valence-electron chi connectivity index (χ4n) is 2.57. The van der Waals surface area contributed by atoms with Crippen LogP contribution in [0.1, 0.15) is 11.1 Å². The Morgan fingerprint density at radius 2 is 1.19 bits per heavy atom. The minimum Gasteiger partial charge on any atom is -0.0985 e. The van der Waals surface area contributed by atoms with Crippen LogP contribution < -0.4 is 0 Å². The molecule has 0 amide bonds. The molecule has 0 saturated carbocycles. The van der Waals surface area contributed by atoms with E-state index in [9.17, 15) is 0 Å². The predicted octanol–water partition coefficient (Wildman–Crippen LogP) is 5.97. The lowest BCUT2D eigenvalue weighted by atomic mass is 9.97. The SMILES string of the molecule is C=Cc1ccc(-c2ccc(-c3ccccc3)cc2)cc1C. The van der Waals surface area contributed by atoms with Crippen LogP contribution in [0, 0.1) is 6.92 Å². The molecule has 21 heavy (non-hydrogen) atoms. The smallest absolute Gasteiger partial charge is 0.0181 e. The van der Waals surface area contributed by atoms with E-state index in [1.165, 1.54) is 33.4 Å². The van der Waals surface area contributed by atoms with Crippen LogP contribution in [0.25, 0.3) is 28.3 Å². The molecule has 0 aliphatic carbocycles. The van der Waals surface area contributed by atoms with Gasteiger partial charge in [-0.15, -0.1) is 0 Å². The summed E-state index contributed by atoms with van der Waals surface area (Å²) in [5, 5.41) is 0. The largest absolute Gasteiger partial charge is 0.0985 e. The zero-order valence-electron chi connectivity index (χ0n) is 12.2. The molecule has 0 heteroatoms. The minimum atomic E-state index is 1.19. The summed E-state index contributed by atoms with van der Waals surface area (Å²) in [6.45, 7) is 5.96. The van der Waals surface area contributed by atoms with Crippen molar-refractivity contribution in [2.45, 2.75) is 6.92 Å². The molecule has 0 fully saturated rings. The fraction of sp³-hybridized carbons (Fsp3) is 0.0476. The van der Waals surface area contributed by atoms with E-state index < -0.39 is 0 Å². The highest BCUT2D eigenvalue weighted by molar-refractivity contribution is 5.72. The second-order valence-corrected chi connectivity index (χ2v) is 5.22. The van der Waals surface area contributed by atoms with Crippen molar-refractivity contribution in [2.24, 2.45) is 0 Å². The first-order valence-electron chi connectivity index (χ1n) is 7.17. The van der Waals surface area contributed by atoms with Crippen LogP contribution in [0.3, 0.4) is 0 Å². The molecule has 3 rings (SSSR count). The van der Waals surface area contributed by atoms with Crippen LogP contribution in [0.15, 0.2) is 79.4 Å². The van der Waals surface area contributed by atoms with Crippen molar-refractivity contribution in [2.75, 3.05) is 0 Å². The normalized spacial score (nSPS) is 10.3. The molecule has 0 aliphatic rings. The molecule has 0 radical (unpaired) electrons. The molecule has 0 aliphatic heterocycles. The summed E-state index contributed by atoms with van der Waals surface area (Å²) >= 11 is 0. The molecule has 0 spiro atoms. The molecule has 3 aromatic rings. The molecule has 0 N–H and O–H groups in total. The van der Waals surface area contributed by atoms with E-state index >= 15 is 0 Å². The van der Waals surface area contributed by atoms with E-state index in [4.69, 9.17) is 0 Å². The third kappa shape index (κ3) is 2.80. The number of benzene rings is 3. The van der Waals surface area contributed by atoms with Crippen LogP contribution in [0.4, 0.5) is 0 Å². The van der Waals surface area contributed by atoms with Crippen molar-refractivity contribution < 1.29 is 0 Å². The van der Waals surface area contributed by atoms with Crippen LogP contribution in [0.5, 0.6) is 0 Å². The van der Waals surface area contributed by atoms with Gasteiger partial charge in [-0.2, -0.15) is 0 Å². The topological polar surface area (TPSA) is 0 Å². The van der Waals surface area contributed by atoms with Crippen LogP contribution in [-0.4, -0.2) is 0 Å². The first-order valence-corrected chi connectivity index (χ1v) is 7.17. The molecule has 3 aromatic carbocycles. The monoisotopic (exact) mass is 270 g/mol. The van der Waals surface area contributed by atoms with E-state index in [0.29, 0.717) is 0 Å². The van der Waals surface area contributed by atoms with Gasteiger partial charge in [0, 0.05) is 0 Å². The van der Waals surface area contributed by atoms with Crippen molar-refractivity contribution in [3.8, 4) is 22.3 Å². The lowest BCUT2D eigenvalue weighted by Crippen LogP contribution is -1.84. The van der Waals surface area contributed by atoms with Gasteiger partial charge in [0.2, 0.25) is 0 Å². The van der Waals surface area contributed by atoms with Crippen LogP contribution in [0.2, 0.25) is 0 Å². The van der Waals surface area contributed by atoms with Gasteiger partial charge in [-0.1, -0.05) is 85.5 Å². The maximum atomic E-state index is 3.84.